The molecule has 13 heavy (non-hydrogen) atoms. The molecule has 0 aromatic carbocycles. The van der Waals surface area contributed by atoms with Gasteiger partial charge in [-0.15, -0.1) is 11.3 Å². The molecule has 0 N–H and O–H groups in total. The Kier molecular flexibility index (Phi) is 1.98. The van der Waals surface area contributed by atoms with Crippen LogP contribution in [-0.2, 0) is 7.05 Å². The number of hydrogen-bond donors (Lipinski definition) is 0. The van der Waals surface area contributed by atoms with Crippen molar-refractivity contribution in [3.63, 3.8) is 0 Å². The molecule has 4 heteroatoms. The number of nitrogens with zero attached hydrogens (tertiary/aromatic N) is 2. The van der Waals surface area contributed by atoms with E-state index in [4.69, 9.17) is 0 Å². The quantitative estimate of drug-likeness (QED) is 0.682. The first-order valence-electron chi connectivity index (χ1n) is 3.83. The first-order chi connectivity index (χ1) is 6.31. The zero-order chi connectivity index (χ0) is 9.26. The van der Waals surface area contributed by atoms with Crippen LogP contribution in [0.5, 0.6) is 0 Å². The second-order valence-electron chi connectivity index (χ2n) is 2.71. The van der Waals surface area contributed by atoms with E-state index in [0.717, 1.165) is 21.7 Å². The third-order valence-electron chi connectivity index (χ3n) is 1.81. The van der Waals surface area contributed by atoms with Crippen molar-refractivity contribution in [2.24, 2.45) is 7.05 Å². The summed E-state index contributed by atoms with van der Waals surface area (Å²) in [6.07, 6.45) is 4.40. The Labute approximate surface area is 79.7 Å². The molecule has 0 aliphatic heterocycles. The molecule has 66 valence electrons. The van der Waals surface area contributed by atoms with Gasteiger partial charge in [0.1, 0.15) is 0 Å². The first-order valence-corrected chi connectivity index (χ1v) is 4.64. The number of rotatable bonds is 2. The number of thiophene rings is 1. The fourth-order valence-electron chi connectivity index (χ4n) is 1.15. The van der Waals surface area contributed by atoms with Crippen LogP contribution >= 0.6 is 11.3 Å². The van der Waals surface area contributed by atoms with E-state index in [1.165, 1.54) is 11.3 Å². The number of aromatic nitrogens is 2. The van der Waals surface area contributed by atoms with E-state index in [-0.39, 0.29) is 0 Å². The lowest BCUT2D eigenvalue weighted by molar-refractivity contribution is 0.112. The zero-order valence-corrected chi connectivity index (χ0v) is 7.91. The van der Waals surface area contributed by atoms with Crippen molar-refractivity contribution in [3.8, 4) is 10.6 Å². The predicted molar refractivity (Wildman–Crippen MR) is 51.9 cm³/mol. The zero-order valence-electron chi connectivity index (χ0n) is 7.10. The molecule has 0 saturated heterocycles. The summed E-state index contributed by atoms with van der Waals surface area (Å²) in [5.41, 5.74) is 1.04. The summed E-state index contributed by atoms with van der Waals surface area (Å²) < 4.78 is 1.93. The summed E-state index contributed by atoms with van der Waals surface area (Å²) in [5, 5.41) is 0. The summed E-state index contributed by atoms with van der Waals surface area (Å²) in [7, 11) is 1.93. The third-order valence-corrected chi connectivity index (χ3v) is 2.85. The molecule has 0 aliphatic rings. The summed E-state index contributed by atoms with van der Waals surface area (Å²) in [6, 6.07) is 3.76. The van der Waals surface area contributed by atoms with Crippen molar-refractivity contribution in [2.45, 2.75) is 0 Å². The average molecular weight is 192 g/mol. The maximum absolute atomic E-state index is 10.5. The standard InChI is InChI=1S/C9H8N2OS/c1-11-6-10-4-8(11)9-3-2-7(5-12)13-9/h2-6H,1H3. The molecule has 2 aromatic rings. The minimum Gasteiger partial charge on any atom is -0.333 e. The second kappa shape index (κ2) is 3.14. The molecule has 2 heterocycles. The average Bonchev–Trinajstić information content (AvgIpc) is 2.71. The van der Waals surface area contributed by atoms with Gasteiger partial charge in [0.25, 0.3) is 0 Å². The fourth-order valence-corrected chi connectivity index (χ4v) is 2.02. The van der Waals surface area contributed by atoms with Crippen molar-refractivity contribution >= 4 is 17.6 Å². The van der Waals surface area contributed by atoms with Crippen LogP contribution in [-0.4, -0.2) is 15.8 Å². The molecule has 0 aliphatic carbocycles. The lowest BCUT2D eigenvalue weighted by atomic mass is 10.3. The van der Waals surface area contributed by atoms with Crippen LogP contribution in [0.1, 0.15) is 9.67 Å². The summed E-state index contributed by atoms with van der Waals surface area (Å²) >= 11 is 1.48. The maximum Gasteiger partial charge on any atom is 0.160 e. The molecule has 0 saturated carbocycles. The van der Waals surface area contributed by atoms with E-state index >= 15 is 0 Å². The highest BCUT2D eigenvalue weighted by Gasteiger charge is 2.04. The molecular weight excluding hydrogens is 184 g/mol. The number of hydrogen-bond acceptors (Lipinski definition) is 3. The molecule has 0 unspecified atom stereocenters. The highest BCUT2D eigenvalue weighted by Crippen LogP contribution is 2.26. The maximum atomic E-state index is 10.5. The van der Waals surface area contributed by atoms with Gasteiger partial charge in [0.15, 0.2) is 6.29 Å². The van der Waals surface area contributed by atoms with Crippen molar-refractivity contribution < 1.29 is 4.79 Å². The van der Waals surface area contributed by atoms with Crippen LogP contribution < -0.4 is 0 Å². The van der Waals surface area contributed by atoms with Gasteiger partial charge in [-0.25, -0.2) is 4.98 Å². The van der Waals surface area contributed by atoms with Gasteiger partial charge in [-0.05, 0) is 12.1 Å². The monoisotopic (exact) mass is 192 g/mol. The highest BCUT2D eigenvalue weighted by molar-refractivity contribution is 7.17. The third kappa shape index (κ3) is 1.40. The van der Waals surface area contributed by atoms with Gasteiger partial charge in [0.2, 0.25) is 0 Å². The molecule has 0 amide bonds. The molecule has 0 radical (unpaired) electrons. The molecule has 0 atom stereocenters. The van der Waals surface area contributed by atoms with E-state index in [9.17, 15) is 4.79 Å². The summed E-state index contributed by atoms with van der Waals surface area (Å²) in [5.74, 6) is 0. The molecular formula is C9H8N2OS. The number of aldehydes is 1. The molecule has 0 fully saturated rings. The SMILES string of the molecule is Cn1cncc1-c1ccc(C=O)s1. The molecule has 2 aromatic heterocycles. The number of carbonyl (C=O) groups excluding carboxylic acids is 1. The van der Waals surface area contributed by atoms with Gasteiger partial charge in [-0.1, -0.05) is 0 Å². The highest BCUT2D eigenvalue weighted by atomic mass is 32.1. The van der Waals surface area contributed by atoms with Gasteiger partial charge in [-0.2, -0.15) is 0 Å². The number of aryl methyl sites for hydroxylation is 1. The Morgan fingerprint density at radius 3 is 2.92 bits per heavy atom. The van der Waals surface area contributed by atoms with Crippen LogP contribution in [0.15, 0.2) is 24.7 Å². The van der Waals surface area contributed by atoms with Crippen LogP contribution in [0.25, 0.3) is 10.6 Å². The minimum absolute atomic E-state index is 0.746. The second-order valence-corrected chi connectivity index (χ2v) is 3.83. The van der Waals surface area contributed by atoms with Gasteiger partial charge >= 0.3 is 0 Å². The van der Waals surface area contributed by atoms with E-state index in [1.54, 1.807) is 12.5 Å². The van der Waals surface area contributed by atoms with Crippen LogP contribution in [0, 0.1) is 0 Å². The summed E-state index contributed by atoms with van der Waals surface area (Å²) in [4.78, 5) is 16.3. The Balaban J connectivity index is 2.46. The topological polar surface area (TPSA) is 34.9 Å². The fraction of sp³-hybridized carbons (Fsp3) is 0.111. The molecule has 0 bridgehead atoms. The largest absolute Gasteiger partial charge is 0.333 e. The smallest absolute Gasteiger partial charge is 0.160 e. The van der Waals surface area contributed by atoms with Crippen molar-refractivity contribution in [3.05, 3.63) is 29.5 Å². The van der Waals surface area contributed by atoms with Gasteiger partial charge < -0.3 is 4.57 Å². The Morgan fingerprint density at radius 1 is 1.54 bits per heavy atom. The van der Waals surface area contributed by atoms with Gasteiger partial charge in [0.05, 0.1) is 28.0 Å². The van der Waals surface area contributed by atoms with E-state index in [0.29, 0.717) is 0 Å². The van der Waals surface area contributed by atoms with E-state index in [1.807, 2.05) is 23.7 Å². The van der Waals surface area contributed by atoms with Crippen molar-refractivity contribution in [2.75, 3.05) is 0 Å². The first kappa shape index (κ1) is 8.19. The van der Waals surface area contributed by atoms with Gasteiger partial charge in [-0.3, -0.25) is 4.79 Å². The van der Waals surface area contributed by atoms with Crippen molar-refractivity contribution in [1.82, 2.24) is 9.55 Å². The molecule has 3 nitrogen and oxygen atoms in total. The van der Waals surface area contributed by atoms with E-state index < -0.39 is 0 Å². The van der Waals surface area contributed by atoms with Crippen LogP contribution in [0.2, 0.25) is 0 Å². The predicted octanol–water partition coefficient (Wildman–Crippen LogP) is 1.96. The lowest BCUT2D eigenvalue weighted by Gasteiger charge is -1.95. The van der Waals surface area contributed by atoms with Crippen molar-refractivity contribution in [1.29, 1.82) is 0 Å². The van der Waals surface area contributed by atoms with Crippen LogP contribution in [0.3, 0.4) is 0 Å². The number of imidazole rings is 1. The van der Waals surface area contributed by atoms with E-state index in [2.05, 4.69) is 4.98 Å². The number of carbonyl (C=O) groups is 1. The Bertz CT molecular complexity index is 430. The normalized spacial score (nSPS) is 10.2. The van der Waals surface area contributed by atoms with Gasteiger partial charge in [0, 0.05) is 7.05 Å². The minimum atomic E-state index is 0.746. The summed E-state index contributed by atoms with van der Waals surface area (Å²) in [6.45, 7) is 0. The molecule has 0 spiro atoms. The Hall–Kier alpha value is -1.42. The molecule has 2 rings (SSSR count). The Morgan fingerprint density at radius 2 is 2.38 bits per heavy atom. The lowest BCUT2D eigenvalue weighted by Crippen LogP contribution is -1.85. The van der Waals surface area contributed by atoms with Crippen LogP contribution in [0.4, 0.5) is 0 Å².